The lowest BCUT2D eigenvalue weighted by Gasteiger charge is -2.51. The second kappa shape index (κ2) is 7.02. The lowest BCUT2D eigenvalue weighted by Crippen LogP contribution is -2.61. The number of methoxy groups -OCH3 is 1. The molecule has 2 N–H and O–H groups in total. The van der Waals surface area contributed by atoms with Crippen LogP contribution in [0.4, 0.5) is 0 Å². The number of nitrogens with zero attached hydrogens (tertiary/aromatic N) is 1. The molecule has 1 fully saturated rings. The van der Waals surface area contributed by atoms with Gasteiger partial charge in [0.1, 0.15) is 0 Å². The molecule has 1 rings (SSSR count). The standard InChI is InChI=1S/C15H32N2O2/c1-13(2)10-17(7-9-18-5)15(12-16)6-8-19-14(3,4)11-15/h13H,6-12,16H2,1-5H3. The van der Waals surface area contributed by atoms with Gasteiger partial charge in [0, 0.05) is 38.9 Å². The van der Waals surface area contributed by atoms with Gasteiger partial charge in [0.25, 0.3) is 0 Å². The zero-order chi connectivity index (χ0) is 14.5. The van der Waals surface area contributed by atoms with Gasteiger partial charge in [0.2, 0.25) is 0 Å². The smallest absolute Gasteiger partial charge is 0.0644 e. The average molecular weight is 272 g/mol. The fraction of sp³-hybridized carbons (Fsp3) is 1.00. The van der Waals surface area contributed by atoms with Crippen LogP contribution in [0.1, 0.15) is 40.5 Å². The summed E-state index contributed by atoms with van der Waals surface area (Å²) in [7, 11) is 1.76. The molecule has 4 nitrogen and oxygen atoms in total. The van der Waals surface area contributed by atoms with Crippen LogP contribution in [-0.4, -0.2) is 56.0 Å². The van der Waals surface area contributed by atoms with E-state index in [-0.39, 0.29) is 11.1 Å². The highest BCUT2D eigenvalue weighted by Gasteiger charge is 2.43. The van der Waals surface area contributed by atoms with Crippen molar-refractivity contribution in [3.63, 3.8) is 0 Å². The minimum Gasteiger partial charge on any atom is -0.383 e. The van der Waals surface area contributed by atoms with Crippen molar-refractivity contribution in [3.8, 4) is 0 Å². The summed E-state index contributed by atoms with van der Waals surface area (Å²) in [6.07, 6.45) is 2.01. The molecular formula is C15H32N2O2. The van der Waals surface area contributed by atoms with Gasteiger partial charge in [-0.25, -0.2) is 0 Å². The summed E-state index contributed by atoms with van der Waals surface area (Å²) in [5.74, 6) is 0.631. The maximum absolute atomic E-state index is 6.17. The molecular weight excluding hydrogens is 240 g/mol. The predicted molar refractivity (Wildman–Crippen MR) is 79.3 cm³/mol. The molecule has 1 unspecified atom stereocenters. The molecule has 0 aliphatic carbocycles. The molecule has 0 aromatic heterocycles. The molecule has 1 saturated heterocycles. The SMILES string of the molecule is COCCN(CC(C)C)C1(CN)CCOC(C)(C)C1. The molecule has 0 saturated carbocycles. The van der Waals surface area contributed by atoms with Crippen LogP contribution < -0.4 is 5.73 Å². The predicted octanol–water partition coefficient (Wildman–Crippen LogP) is 1.88. The molecule has 4 heteroatoms. The van der Waals surface area contributed by atoms with E-state index in [1.165, 1.54) is 0 Å². The van der Waals surface area contributed by atoms with E-state index in [0.29, 0.717) is 12.5 Å². The van der Waals surface area contributed by atoms with E-state index in [1.54, 1.807) is 7.11 Å². The average Bonchev–Trinajstić information content (AvgIpc) is 2.32. The Morgan fingerprint density at radius 3 is 2.53 bits per heavy atom. The Kier molecular flexibility index (Phi) is 6.24. The summed E-state index contributed by atoms with van der Waals surface area (Å²) in [5.41, 5.74) is 6.15. The third-order valence-corrected chi connectivity index (χ3v) is 4.02. The molecule has 0 aromatic carbocycles. The minimum atomic E-state index is -0.0834. The summed E-state index contributed by atoms with van der Waals surface area (Å²) in [6.45, 7) is 13.1. The fourth-order valence-corrected chi connectivity index (χ4v) is 3.19. The van der Waals surface area contributed by atoms with E-state index in [2.05, 4.69) is 32.6 Å². The number of ether oxygens (including phenoxy) is 2. The first-order valence-electron chi connectivity index (χ1n) is 7.43. The van der Waals surface area contributed by atoms with Crippen LogP contribution in [0.2, 0.25) is 0 Å². The number of rotatable bonds is 7. The Balaban J connectivity index is 2.86. The lowest BCUT2D eigenvalue weighted by atomic mass is 9.79. The molecule has 0 amide bonds. The Labute approximate surface area is 118 Å². The molecule has 1 aliphatic heterocycles. The van der Waals surface area contributed by atoms with Crippen molar-refractivity contribution < 1.29 is 9.47 Å². The third-order valence-electron chi connectivity index (χ3n) is 4.02. The van der Waals surface area contributed by atoms with Crippen LogP contribution in [0.15, 0.2) is 0 Å². The van der Waals surface area contributed by atoms with Crippen LogP contribution in [0.25, 0.3) is 0 Å². The largest absolute Gasteiger partial charge is 0.383 e. The molecule has 0 spiro atoms. The van der Waals surface area contributed by atoms with Gasteiger partial charge in [-0.1, -0.05) is 13.8 Å². The normalized spacial score (nSPS) is 27.2. The van der Waals surface area contributed by atoms with E-state index >= 15 is 0 Å². The summed E-state index contributed by atoms with van der Waals surface area (Å²) in [4.78, 5) is 2.53. The van der Waals surface area contributed by atoms with E-state index in [0.717, 1.165) is 39.1 Å². The van der Waals surface area contributed by atoms with Crippen molar-refractivity contribution in [2.45, 2.75) is 51.7 Å². The molecule has 19 heavy (non-hydrogen) atoms. The molecule has 1 atom stereocenters. The zero-order valence-electron chi connectivity index (χ0n) is 13.4. The number of hydrogen-bond donors (Lipinski definition) is 1. The first kappa shape index (κ1) is 16.9. The second-order valence-corrected chi connectivity index (χ2v) is 6.80. The highest BCUT2D eigenvalue weighted by atomic mass is 16.5. The molecule has 114 valence electrons. The highest BCUT2D eigenvalue weighted by molar-refractivity contribution is 4.99. The summed E-state index contributed by atoms with van der Waals surface area (Å²) < 4.78 is 11.1. The minimum absolute atomic E-state index is 0.0601. The molecule has 1 aliphatic rings. The van der Waals surface area contributed by atoms with Crippen molar-refractivity contribution in [2.75, 3.05) is 40.0 Å². The lowest BCUT2D eigenvalue weighted by molar-refractivity contribution is -0.122. The monoisotopic (exact) mass is 272 g/mol. The summed E-state index contributed by atoms with van der Waals surface area (Å²) in [5, 5.41) is 0. The van der Waals surface area contributed by atoms with Crippen molar-refractivity contribution in [2.24, 2.45) is 11.7 Å². The van der Waals surface area contributed by atoms with Gasteiger partial charge in [-0.15, -0.1) is 0 Å². The Morgan fingerprint density at radius 2 is 2.05 bits per heavy atom. The Morgan fingerprint density at radius 1 is 1.37 bits per heavy atom. The maximum Gasteiger partial charge on any atom is 0.0644 e. The van der Waals surface area contributed by atoms with E-state index < -0.39 is 0 Å². The third kappa shape index (κ3) is 4.71. The number of nitrogens with two attached hydrogens (primary N) is 1. The highest BCUT2D eigenvalue weighted by Crippen LogP contribution is 2.36. The first-order chi connectivity index (χ1) is 8.85. The number of hydrogen-bond acceptors (Lipinski definition) is 4. The van der Waals surface area contributed by atoms with Gasteiger partial charge in [-0.05, 0) is 32.6 Å². The van der Waals surface area contributed by atoms with E-state index in [4.69, 9.17) is 15.2 Å². The topological polar surface area (TPSA) is 47.7 Å². The van der Waals surface area contributed by atoms with Crippen molar-refractivity contribution in [1.29, 1.82) is 0 Å². The van der Waals surface area contributed by atoms with Gasteiger partial charge in [0.05, 0.1) is 12.2 Å². The van der Waals surface area contributed by atoms with Crippen LogP contribution in [-0.2, 0) is 9.47 Å². The molecule has 0 radical (unpaired) electrons. The van der Waals surface area contributed by atoms with Gasteiger partial charge < -0.3 is 15.2 Å². The molecule has 0 bridgehead atoms. The van der Waals surface area contributed by atoms with Crippen LogP contribution in [0, 0.1) is 5.92 Å². The van der Waals surface area contributed by atoms with Crippen molar-refractivity contribution >= 4 is 0 Å². The van der Waals surface area contributed by atoms with Crippen LogP contribution in [0.3, 0.4) is 0 Å². The zero-order valence-corrected chi connectivity index (χ0v) is 13.4. The Bertz CT molecular complexity index is 269. The van der Waals surface area contributed by atoms with Crippen molar-refractivity contribution in [1.82, 2.24) is 4.90 Å². The first-order valence-corrected chi connectivity index (χ1v) is 7.43. The molecule has 1 heterocycles. The van der Waals surface area contributed by atoms with Crippen molar-refractivity contribution in [3.05, 3.63) is 0 Å². The summed E-state index contributed by atoms with van der Waals surface area (Å²) >= 11 is 0. The van der Waals surface area contributed by atoms with E-state index in [1.807, 2.05) is 0 Å². The summed E-state index contributed by atoms with van der Waals surface area (Å²) in [6, 6.07) is 0. The Hall–Kier alpha value is -0.160. The van der Waals surface area contributed by atoms with Gasteiger partial charge in [-0.2, -0.15) is 0 Å². The molecule has 0 aromatic rings. The van der Waals surface area contributed by atoms with Crippen LogP contribution >= 0.6 is 0 Å². The van der Waals surface area contributed by atoms with E-state index in [9.17, 15) is 0 Å². The maximum atomic E-state index is 6.17. The second-order valence-electron chi connectivity index (χ2n) is 6.80. The fourth-order valence-electron chi connectivity index (χ4n) is 3.19. The van der Waals surface area contributed by atoms with Gasteiger partial charge in [0.15, 0.2) is 0 Å². The quantitative estimate of drug-likeness (QED) is 0.769. The van der Waals surface area contributed by atoms with Crippen LogP contribution in [0.5, 0.6) is 0 Å². The van der Waals surface area contributed by atoms with Gasteiger partial charge >= 0.3 is 0 Å². The van der Waals surface area contributed by atoms with Gasteiger partial charge in [-0.3, -0.25) is 4.90 Å².